The monoisotopic (exact) mass is 437 g/mol. The summed E-state index contributed by atoms with van der Waals surface area (Å²) in [5, 5.41) is 0. The maximum atomic E-state index is 12.7. The average molecular weight is 438 g/mol. The van der Waals surface area contributed by atoms with Crippen LogP contribution in [0.15, 0.2) is 47.3 Å². The van der Waals surface area contributed by atoms with Crippen LogP contribution >= 0.6 is 24.8 Å². The standard InChI is InChI=1S/C20H23N5O2.2ClH/c21-16(10-15-11-22-13-23-15)20(26)25-9-8-18-17(12-25)24-19(27-18)7-6-14-4-2-1-3-5-14;;/h1-5,11,13,16H,6-10,12,21H2,(H,22,23);2*1H/t16-;;/m0../s1. The SMILES string of the molecule is Cl.Cl.N[C@@H](Cc1cnc[nH]1)C(=O)N1CCc2oc(CCc3ccccc3)nc2C1. The molecule has 1 aliphatic heterocycles. The first-order valence-corrected chi connectivity index (χ1v) is 9.22. The molecular formula is C20H25Cl2N5O2. The van der Waals surface area contributed by atoms with Crippen molar-refractivity contribution in [3.8, 4) is 0 Å². The van der Waals surface area contributed by atoms with Gasteiger partial charge in [-0.2, -0.15) is 0 Å². The van der Waals surface area contributed by atoms with Crippen molar-refractivity contribution in [1.82, 2.24) is 19.9 Å². The highest BCUT2D eigenvalue weighted by Gasteiger charge is 2.28. The molecule has 0 spiro atoms. The molecule has 29 heavy (non-hydrogen) atoms. The van der Waals surface area contributed by atoms with Crippen LogP contribution < -0.4 is 5.73 Å². The number of nitrogens with two attached hydrogens (primary N) is 1. The molecule has 4 rings (SSSR count). The van der Waals surface area contributed by atoms with Crippen molar-refractivity contribution in [2.75, 3.05) is 6.54 Å². The van der Waals surface area contributed by atoms with Gasteiger partial charge in [-0.25, -0.2) is 9.97 Å². The highest BCUT2D eigenvalue weighted by atomic mass is 35.5. The summed E-state index contributed by atoms with van der Waals surface area (Å²) >= 11 is 0. The van der Waals surface area contributed by atoms with Crippen molar-refractivity contribution in [2.24, 2.45) is 5.73 Å². The van der Waals surface area contributed by atoms with Crippen LogP contribution in [0, 0.1) is 0 Å². The maximum Gasteiger partial charge on any atom is 0.240 e. The Hall–Kier alpha value is -2.35. The lowest BCUT2D eigenvalue weighted by molar-refractivity contribution is -0.133. The molecule has 1 amide bonds. The summed E-state index contributed by atoms with van der Waals surface area (Å²) < 4.78 is 5.91. The first-order chi connectivity index (χ1) is 13.2. The van der Waals surface area contributed by atoms with E-state index in [4.69, 9.17) is 10.2 Å². The Morgan fingerprint density at radius 3 is 2.76 bits per heavy atom. The summed E-state index contributed by atoms with van der Waals surface area (Å²) in [7, 11) is 0. The molecule has 0 aliphatic carbocycles. The summed E-state index contributed by atoms with van der Waals surface area (Å²) in [5.41, 5.74) is 9.07. The van der Waals surface area contributed by atoms with E-state index in [1.165, 1.54) is 5.56 Å². The van der Waals surface area contributed by atoms with Crippen molar-refractivity contribution in [2.45, 2.75) is 38.3 Å². The molecule has 156 valence electrons. The van der Waals surface area contributed by atoms with Crippen LogP contribution in [0.5, 0.6) is 0 Å². The van der Waals surface area contributed by atoms with Crippen molar-refractivity contribution in [1.29, 1.82) is 0 Å². The number of carbonyl (C=O) groups excluding carboxylic acids is 1. The fourth-order valence-corrected chi connectivity index (χ4v) is 3.40. The fraction of sp³-hybridized carbons (Fsp3) is 0.350. The molecule has 1 aromatic carbocycles. The fourth-order valence-electron chi connectivity index (χ4n) is 3.40. The van der Waals surface area contributed by atoms with Gasteiger partial charge in [0.25, 0.3) is 0 Å². The number of hydrogen-bond donors (Lipinski definition) is 2. The van der Waals surface area contributed by atoms with Gasteiger partial charge in [0.15, 0.2) is 5.89 Å². The molecule has 0 bridgehead atoms. The maximum absolute atomic E-state index is 12.7. The normalized spacial score (nSPS) is 13.8. The van der Waals surface area contributed by atoms with Crippen molar-refractivity contribution in [3.63, 3.8) is 0 Å². The van der Waals surface area contributed by atoms with Crippen LogP contribution in [-0.2, 0) is 37.0 Å². The number of rotatable bonds is 6. The number of H-pyrrole nitrogens is 1. The first kappa shape index (κ1) is 22.9. The number of nitrogens with one attached hydrogen (secondary N) is 1. The van der Waals surface area contributed by atoms with Gasteiger partial charge in [0, 0.05) is 37.7 Å². The van der Waals surface area contributed by atoms with E-state index in [0.29, 0.717) is 25.9 Å². The highest BCUT2D eigenvalue weighted by Crippen LogP contribution is 2.21. The third-order valence-electron chi connectivity index (χ3n) is 4.87. The van der Waals surface area contributed by atoms with Crippen molar-refractivity contribution >= 4 is 30.7 Å². The minimum Gasteiger partial charge on any atom is -0.445 e. The Balaban J connectivity index is 0.00000150. The predicted molar refractivity (Wildman–Crippen MR) is 114 cm³/mol. The number of imidazole rings is 1. The molecule has 0 saturated carbocycles. The number of fused-ring (bicyclic) bond motifs is 1. The second-order valence-corrected chi connectivity index (χ2v) is 6.86. The number of aryl methyl sites for hydroxylation is 2. The minimum absolute atomic E-state index is 0. The van der Waals surface area contributed by atoms with Crippen LogP contribution in [0.4, 0.5) is 0 Å². The zero-order valence-electron chi connectivity index (χ0n) is 15.9. The van der Waals surface area contributed by atoms with E-state index < -0.39 is 6.04 Å². The van der Waals surface area contributed by atoms with Gasteiger partial charge in [-0.15, -0.1) is 24.8 Å². The largest absolute Gasteiger partial charge is 0.445 e. The Morgan fingerprint density at radius 2 is 2.03 bits per heavy atom. The molecule has 2 aromatic heterocycles. The van der Waals surface area contributed by atoms with Crippen molar-refractivity contribution < 1.29 is 9.21 Å². The Labute approximate surface area is 181 Å². The molecular weight excluding hydrogens is 413 g/mol. The molecule has 0 radical (unpaired) electrons. The van der Waals surface area contributed by atoms with Gasteiger partial charge < -0.3 is 20.0 Å². The lowest BCUT2D eigenvalue weighted by atomic mass is 10.1. The molecule has 7 nitrogen and oxygen atoms in total. The smallest absolute Gasteiger partial charge is 0.240 e. The minimum atomic E-state index is -0.587. The summed E-state index contributed by atoms with van der Waals surface area (Å²) in [4.78, 5) is 26.0. The van der Waals surface area contributed by atoms with E-state index in [1.807, 2.05) is 18.2 Å². The van der Waals surface area contributed by atoms with Gasteiger partial charge in [-0.3, -0.25) is 4.79 Å². The first-order valence-electron chi connectivity index (χ1n) is 9.22. The Bertz CT molecular complexity index is 899. The molecule has 1 aliphatic rings. The highest BCUT2D eigenvalue weighted by molar-refractivity contribution is 5.85. The average Bonchev–Trinajstić information content (AvgIpc) is 3.35. The molecule has 9 heteroatoms. The van der Waals surface area contributed by atoms with E-state index in [1.54, 1.807) is 17.4 Å². The molecule has 3 aromatic rings. The van der Waals surface area contributed by atoms with E-state index in [0.717, 1.165) is 35.9 Å². The summed E-state index contributed by atoms with van der Waals surface area (Å²) in [5.74, 6) is 1.56. The number of oxazole rings is 1. The van der Waals surface area contributed by atoms with Gasteiger partial charge >= 0.3 is 0 Å². The van der Waals surface area contributed by atoms with Crippen LogP contribution in [0.3, 0.4) is 0 Å². The summed E-state index contributed by atoms with van der Waals surface area (Å²) in [6.07, 6.45) is 6.05. The molecule has 3 N–H and O–H groups in total. The number of hydrogen-bond acceptors (Lipinski definition) is 5. The number of aromatic amines is 1. The molecule has 0 unspecified atom stereocenters. The number of nitrogens with zero attached hydrogens (tertiary/aromatic N) is 3. The van der Waals surface area contributed by atoms with E-state index in [2.05, 4.69) is 27.1 Å². The third-order valence-corrected chi connectivity index (χ3v) is 4.87. The predicted octanol–water partition coefficient (Wildman–Crippen LogP) is 2.48. The third kappa shape index (κ3) is 5.59. The Kier molecular flexibility index (Phi) is 8.25. The molecule has 3 heterocycles. The topological polar surface area (TPSA) is 101 Å². The zero-order chi connectivity index (χ0) is 18.6. The van der Waals surface area contributed by atoms with Gasteiger partial charge in [0.2, 0.25) is 5.91 Å². The second kappa shape index (κ2) is 10.4. The lowest BCUT2D eigenvalue weighted by Crippen LogP contribution is -2.46. The van der Waals surface area contributed by atoms with Crippen LogP contribution in [0.1, 0.15) is 28.6 Å². The number of amides is 1. The summed E-state index contributed by atoms with van der Waals surface area (Å²) in [6, 6.07) is 9.69. The lowest BCUT2D eigenvalue weighted by Gasteiger charge is -2.27. The number of benzene rings is 1. The molecule has 1 atom stereocenters. The Morgan fingerprint density at radius 1 is 1.24 bits per heavy atom. The van der Waals surface area contributed by atoms with E-state index in [-0.39, 0.29) is 30.7 Å². The van der Waals surface area contributed by atoms with Crippen LogP contribution in [0.25, 0.3) is 0 Å². The molecule has 0 fully saturated rings. The summed E-state index contributed by atoms with van der Waals surface area (Å²) in [6.45, 7) is 1.06. The second-order valence-electron chi connectivity index (χ2n) is 6.86. The quantitative estimate of drug-likeness (QED) is 0.616. The van der Waals surface area contributed by atoms with Gasteiger partial charge in [-0.1, -0.05) is 30.3 Å². The van der Waals surface area contributed by atoms with Crippen molar-refractivity contribution in [3.05, 3.63) is 71.5 Å². The number of aromatic nitrogens is 3. The number of halogens is 2. The van der Waals surface area contributed by atoms with Crippen LogP contribution in [-0.4, -0.2) is 38.3 Å². The van der Waals surface area contributed by atoms with Gasteiger partial charge in [0.05, 0.1) is 18.9 Å². The molecule has 0 saturated heterocycles. The van der Waals surface area contributed by atoms with E-state index >= 15 is 0 Å². The van der Waals surface area contributed by atoms with Gasteiger partial charge in [0.1, 0.15) is 11.5 Å². The van der Waals surface area contributed by atoms with E-state index in [9.17, 15) is 4.79 Å². The van der Waals surface area contributed by atoms with Crippen LogP contribution in [0.2, 0.25) is 0 Å². The number of carbonyl (C=O) groups is 1. The van der Waals surface area contributed by atoms with Gasteiger partial charge in [-0.05, 0) is 12.0 Å². The zero-order valence-corrected chi connectivity index (χ0v) is 17.5.